The van der Waals surface area contributed by atoms with Crippen molar-refractivity contribution in [2.24, 2.45) is 0 Å². The van der Waals surface area contributed by atoms with Gasteiger partial charge in [-0.25, -0.2) is 8.42 Å². The minimum atomic E-state index is -3.77. The first-order chi connectivity index (χ1) is 16.2. The second kappa shape index (κ2) is 10.8. The number of anilines is 2. The van der Waals surface area contributed by atoms with Crippen LogP contribution in [0, 0.1) is 0 Å². The Hall–Kier alpha value is -3.85. The van der Waals surface area contributed by atoms with Crippen molar-refractivity contribution in [3.05, 3.63) is 90.0 Å². The van der Waals surface area contributed by atoms with E-state index in [-0.39, 0.29) is 23.2 Å². The zero-order chi connectivity index (χ0) is 24.7. The summed E-state index contributed by atoms with van der Waals surface area (Å²) in [5, 5.41) is 5.59. The molecule has 0 aliphatic rings. The van der Waals surface area contributed by atoms with Crippen LogP contribution in [0.1, 0.15) is 28.9 Å². The van der Waals surface area contributed by atoms with E-state index in [1.807, 2.05) is 37.3 Å². The minimum absolute atomic E-state index is 0.244. The molecule has 8 nitrogen and oxygen atoms in total. The van der Waals surface area contributed by atoms with Gasteiger partial charge < -0.3 is 15.4 Å². The number of rotatable bonds is 9. The fourth-order valence-electron chi connectivity index (χ4n) is 3.38. The number of carbonyl (C=O) groups excluding carboxylic acids is 2. The number of benzene rings is 3. The maximum absolute atomic E-state index is 12.9. The second-order valence-corrected chi connectivity index (χ2v) is 9.58. The fourth-order valence-corrected chi connectivity index (χ4v) is 4.22. The van der Waals surface area contributed by atoms with E-state index in [0.717, 1.165) is 16.1 Å². The predicted molar refractivity (Wildman–Crippen MR) is 133 cm³/mol. The zero-order valence-electron chi connectivity index (χ0n) is 19.2. The first kappa shape index (κ1) is 24.8. The number of nitrogens with zero attached hydrogens (tertiary/aromatic N) is 1. The highest BCUT2D eigenvalue weighted by molar-refractivity contribution is 7.92. The van der Waals surface area contributed by atoms with E-state index in [1.54, 1.807) is 42.5 Å². The molecule has 2 N–H and O–H groups in total. The number of amides is 2. The Morgan fingerprint density at radius 1 is 0.971 bits per heavy atom. The highest BCUT2D eigenvalue weighted by Crippen LogP contribution is 2.23. The lowest BCUT2D eigenvalue weighted by Crippen LogP contribution is -2.37. The van der Waals surface area contributed by atoms with Crippen LogP contribution in [0.25, 0.3) is 0 Å². The summed E-state index contributed by atoms with van der Waals surface area (Å²) in [5.74, 6) is -0.495. The third-order valence-electron chi connectivity index (χ3n) is 5.12. The Bertz CT molecular complexity index is 1260. The zero-order valence-corrected chi connectivity index (χ0v) is 20.0. The Morgan fingerprint density at radius 2 is 1.65 bits per heavy atom. The summed E-state index contributed by atoms with van der Waals surface area (Å²) in [4.78, 5) is 25.8. The van der Waals surface area contributed by atoms with Crippen LogP contribution in [-0.4, -0.2) is 40.1 Å². The average Bonchev–Trinajstić information content (AvgIpc) is 2.82. The maximum Gasteiger partial charge on any atom is 0.253 e. The van der Waals surface area contributed by atoms with Gasteiger partial charge in [0.05, 0.1) is 36.3 Å². The molecule has 0 saturated carbocycles. The molecular formula is C25H27N3O5S. The fraction of sp³-hybridized carbons (Fsp3) is 0.200. The van der Waals surface area contributed by atoms with Crippen LogP contribution in [0.2, 0.25) is 0 Å². The van der Waals surface area contributed by atoms with E-state index in [1.165, 1.54) is 13.2 Å². The Kier molecular flexibility index (Phi) is 7.91. The van der Waals surface area contributed by atoms with Crippen LogP contribution in [0.4, 0.5) is 11.4 Å². The van der Waals surface area contributed by atoms with Gasteiger partial charge in [0.2, 0.25) is 15.9 Å². The van der Waals surface area contributed by atoms with Gasteiger partial charge in [-0.15, -0.1) is 0 Å². The first-order valence-corrected chi connectivity index (χ1v) is 12.4. The van der Waals surface area contributed by atoms with Gasteiger partial charge in [0, 0.05) is 6.07 Å². The molecule has 0 aliphatic heterocycles. The topological polar surface area (TPSA) is 105 Å². The van der Waals surface area contributed by atoms with Gasteiger partial charge in [0.1, 0.15) is 12.3 Å². The number of hydrogen-bond acceptors (Lipinski definition) is 5. The minimum Gasteiger partial charge on any atom is -0.497 e. The molecule has 3 rings (SSSR count). The lowest BCUT2D eigenvalue weighted by molar-refractivity contribution is -0.114. The van der Waals surface area contributed by atoms with E-state index in [4.69, 9.17) is 4.74 Å². The van der Waals surface area contributed by atoms with E-state index < -0.39 is 22.5 Å². The average molecular weight is 482 g/mol. The summed E-state index contributed by atoms with van der Waals surface area (Å²) >= 11 is 0. The van der Waals surface area contributed by atoms with Gasteiger partial charge in [0.15, 0.2) is 0 Å². The smallest absolute Gasteiger partial charge is 0.253 e. The van der Waals surface area contributed by atoms with Crippen LogP contribution in [0.3, 0.4) is 0 Å². The van der Waals surface area contributed by atoms with Gasteiger partial charge in [0.25, 0.3) is 5.91 Å². The summed E-state index contributed by atoms with van der Waals surface area (Å²) in [7, 11) is -2.30. The summed E-state index contributed by atoms with van der Waals surface area (Å²) < 4.78 is 30.9. The molecule has 3 aromatic carbocycles. The number of nitrogens with one attached hydrogen (secondary N) is 2. The maximum atomic E-state index is 12.9. The van der Waals surface area contributed by atoms with Crippen LogP contribution in [0.15, 0.2) is 78.9 Å². The second-order valence-electron chi connectivity index (χ2n) is 7.67. The van der Waals surface area contributed by atoms with Crippen molar-refractivity contribution in [1.29, 1.82) is 0 Å². The van der Waals surface area contributed by atoms with Gasteiger partial charge in [-0.3, -0.25) is 13.9 Å². The van der Waals surface area contributed by atoms with Crippen molar-refractivity contribution in [2.75, 3.05) is 29.5 Å². The first-order valence-electron chi connectivity index (χ1n) is 10.6. The molecule has 178 valence electrons. The van der Waals surface area contributed by atoms with E-state index in [0.29, 0.717) is 11.4 Å². The van der Waals surface area contributed by atoms with Crippen molar-refractivity contribution in [3.8, 4) is 5.75 Å². The van der Waals surface area contributed by atoms with E-state index in [2.05, 4.69) is 10.6 Å². The normalized spacial score (nSPS) is 11.9. The van der Waals surface area contributed by atoms with Gasteiger partial charge in [-0.2, -0.15) is 0 Å². The summed E-state index contributed by atoms with van der Waals surface area (Å²) in [6.07, 6.45) is 1.02. The molecule has 0 aliphatic carbocycles. The van der Waals surface area contributed by atoms with Crippen molar-refractivity contribution in [2.45, 2.75) is 13.0 Å². The summed E-state index contributed by atoms with van der Waals surface area (Å²) in [6, 6.07) is 22.2. The number of methoxy groups -OCH3 is 1. The third kappa shape index (κ3) is 6.35. The van der Waals surface area contributed by atoms with E-state index in [9.17, 15) is 18.0 Å². The number of hydrogen-bond donors (Lipinski definition) is 2. The molecule has 0 fully saturated rings. The lowest BCUT2D eigenvalue weighted by atomic mass is 10.1. The van der Waals surface area contributed by atoms with Gasteiger partial charge >= 0.3 is 0 Å². The highest BCUT2D eigenvalue weighted by Gasteiger charge is 2.23. The standard InChI is InChI=1S/C25H27N3O5S/c1-18(19-10-5-4-6-11-19)26-25(30)22-14-7-8-15-23(22)27-24(29)17-28(34(3,31)32)20-12-9-13-21(16-20)33-2/h4-16,18H,17H2,1-3H3,(H,26,30)(H,27,29). The number of para-hydroxylation sites is 1. The molecule has 0 heterocycles. The molecular weight excluding hydrogens is 454 g/mol. The quantitative estimate of drug-likeness (QED) is 0.486. The SMILES string of the molecule is COc1cccc(N(CC(=O)Nc2ccccc2C(=O)NC(C)c2ccccc2)S(C)(=O)=O)c1. The summed E-state index contributed by atoms with van der Waals surface area (Å²) in [6.45, 7) is 1.40. The molecule has 0 bridgehead atoms. The Balaban J connectivity index is 1.77. The highest BCUT2D eigenvalue weighted by atomic mass is 32.2. The Labute approximate surface area is 199 Å². The molecule has 34 heavy (non-hydrogen) atoms. The van der Waals surface area contributed by atoms with Crippen LogP contribution >= 0.6 is 0 Å². The molecule has 3 aromatic rings. The molecule has 1 unspecified atom stereocenters. The van der Waals surface area contributed by atoms with Crippen molar-refractivity contribution >= 4 is 33.2 Å². The van der Waals surface area contributed by atoms with Crippen LogP contribution in [0.5, 0.6) is 5.75 Å². The molecule has 0 radical (unpaired) electrons. The van der Waals surface area contributed by atoms with Crippen molar-refractivity contribution < 1.29 is 22.7 Å². The molecule has 0 spiro atoms. The van der Waals surface area contributed by atoms with Crippen molar-refractivity contribution in [3.63, 3.8) is 0 Å². The largest absolute Gasteiger partial charge is 0.497 e. The van der Waals surface area contributed by atoms with Gasteiger partial charge in [-0.1, -0.05) is 48.5 Å². The third-order valence-corrected chi connectivity index (χ3v) is 6.26. The molecule has 9 heteroatoms. The molecule has 2 amide bonds. The monoisotopic (exact) mass is 481 g/mol. The van der Waals surface area contributed by atoms with Crippen molar-refractivity contribution in [1.82, 2.24) is 5.32 Å². The molecule has 0 aromatic heterocycles. The Morgan fingerprint density at radius 3 is 2.32 bits per heavy atom. The molecule has 0 saturated heterocycles. The number of carbonyl (C=O) groups is 2. The summed E-state index contributed by atoms with van der Waals surface area (Å²) in [5.41, 5.74) is 1.79. The lowest BCUT2D eigenvalue weighted by Gasteiger charge is -2.22. The van der Waals surface area contributed by atoms with E-state index >= 15 is 0 Å². The number of ether oxygens (including phenoxy) is 1. The number of sulfonamides is 1. The predicted octanol–water partition coefficient (Wildman–Crippen LogP) is 3.59. The van der Waals surface area contributed by atoms with Gasteiger partial charge in [-0.05, 0) is 36.8 Å². The molecule has 1 atom stereocenters. The van der Waals surface area contributed by atoms with Crippen LogP contribution < -0.4 is 19.7 Å². The van der Waals surface area contributed by atoms with Crippen LogP contribution in [-0.2, 0) is 14.8 Å².